The quantitative estimate of drug-likeness (QED) is 0.663. The molecule has 100 valence electrons. The fourth-order valence-electron chi connectivity index (χ4n) is 1.48. The van der Waals surface area contributed by atoms with E-state index in [0.717, 1.165) is 20.9 Å². The van der Waals surface area contributed by atoms with Gasteiger partial charge in [0.1, 0.15) is 0 Å². The Morgan fingerprint density at radius 3 is 2.72 bits per heavy atom. The second-order valence-corrected chi connectivity index (χ2v) is 8.14. The molecule has 1 aliphatic carbocycles. The maximum absolute atomic E-state index is 11.8. The monoisotopic (exact) mass is 444 g/mol. The Hall–Kier alpha value is 0.140. The number of sulfonamides is 1. The zero-order valence-corrected chi connectivity index (χ0v) is 14.2. The molecule has 4 nitrogen and oxygen atoms in total. The number of hydrogen-bond acceptors (Lipinski definition) is 3. The van der Waals surface area contributed by atoms with E-state index in [1.165, 1.54) is 0 Å². The summed E-state index contributed by atoms with van der Waals surface area (Å²) in [5, 5.41) is 3.19. The van der Waals surface area contributed by atoms with Crippen LogP contribution in [0.3, 0.4) is 0 Å². The molecular weight excluding hydrogens is 431 g/mol. The second-order valence-electron chi connectivity index (χ2n) is 4.28. The highest BCUT2D eigenvalue weighted by molar-refractivity contribution is 14.1. The first-order chi connectivity index (χ1) is 8.46. The van der Waals surface area contributed by atoms with Crippen LogP contribution in [0.1, 0.15) is 12.8 Å². The van der Waals surface area contributed by atoms with Crippen LogP contribution in [0.2, 0.25) is 0 Å². The predicted molar refractivity (Wildman–Crippen MR) is 85.3 cm³/mol. The summed E-state index contributed by atoms with van der Waals surface area (Å²) in [7, 11) is -3.27. The van der Waals surface area contributed by atoms with E-state index in [4.69, 9.17) is 0 Å². The fourth-order valence-corrected chi connectivity index (χ4v) is 3.16. The Morgan fingerprint density at radius 1 is 1.39 bits per heavy atom. The summed E-state index contributed by atoms with van der Waals surface area (Å²) in [6.07, 6.45) is 2.33. The van der Waals surface area contributed by atoms with Crippen LogP contribution in [0, 0.1) is 3.57 Å². The van der Waals surface area contributed by atoms with Crippen molar-refractivity contribution in [1.82, 2.24) is 5.32 Å². The van der Waals surface area contributed by atoms with Crippen LogP contribution in [0.25, 0.3) is 0 Å². The first-order valence-corrected chi connectivity index (χ1v) is 9.17. The van der Waals surface area contributed by atoms with Gasteiger partial charge < -0.3 is 5.32 Å². The Morgan fingerprint density at radius 2 is 2.11 bits per heavy atom. The molecule has 2 N–H and O–H groups in total. The van der Waals surface area contributed by atoms with E-state index in [1.807, 2.05) is 6.07 Å². The number of anilines is 1. The van der Waals surface area contributed by atoms with Crippen LogP contribution < -0.4 is 10.0 Å². The van der Waals surface area contributed by atoms with Crippen molar-refractivity contribution in [2.24, 2.45) is 0 Å². The molecule has 1 fully saturated rings. The zero-order chi connectivity index (χ0) is 13.2. The van der Waals surface area contributed by atoms with Crippen LogP contribution >= 0.6 is 38.5 Å². The van der Waals surface area contributed by atoms with E-state index in [-0.39, 0.29) is 5.75 Å². The molecule has 1 saturated carbocycles. The molecular formula is C11H14BrIN2O2S. The molecule has 7 heteroatoms. The van der Waals surface area contributed by atoms with E-state index in [9.17, 15) is 8.42 Å². The van der Waals surface area contributed by atoms with Crippen LogP contribution in [-0.2, 0) is 10.0 Å². The fraction of sp³-hybridized carbons (Fsp3) is 0.455. The van der Waals surface area contributed by atoms with Gasteiger partial charge in [-0.05, 0) is 69.6 Å². The highest BCUT2D eigenvalue weighted by atomic mass is 127. The Bertz CT molecular complexity index is 532. The van der Waals surface area contributed by atoms with E-state index >= 15 is 0 Å². The lowest BCUT2D eigenvalue weighted by Gasteiger charge is -2.09. The molecule has 0 amide bonds. The van der Waals surface area contributed by atoms with Gasteiger partial charge in [0, 0.05) is 26.3 Å². The van der Waals surface area contributed by atoms with Crippen molar-refractivity contribution in [2.45, 2.75) is 18.9 Å². The molecule has 18 heavy (non-hydrogen) atoms. The van der Waals surface area contributed by atoms with Gasteiger partial charge in [0.25, 0.3) is 0 Å². The predicted octanol–water partition coefficient (Wildman–Crippen LogP) is 2.55. The lowest BCUT2D eigenvalue weighted by Crippen LogP contribution is -2.28. The van der Waals surface area contributed by atoms with E-state index in [2.05, 4.69) is 48.6 Å². The van der Waals surface area contributed by atoms with Crippen molar-refractivity contribution < 1.29 is 8.42 Å². The van der Waals surface area contributed by atoms with Crippen molar-refractivity contribution >= 4 is 54.2 Å². The normalized spacial score (nSPS) is 15.7. The minimum Gasteiger partial charge on any atom is -0.313 e. The van der Waals surface area contributed by atoms with Gasteiger partial charge in [-0.2, -0.15) is 0 Å². The summed E-state index contributed by atoms with van der Waals surface area (Å²) in [4.78, 5) is 0. The van der Waals surface area contributed by atoms with Crippen molar-refractivity contribution in [3.05, 3.63) is 26.2 Å². The lowest BCUT2D eigenvalue weighted by molar-refractivity contribution is 0.595. The van der Waals surface area contributed by atoms with E-state index < -0.39 is 10.0 Å². The average molecular weight is 445 g/mol. The maximum Gasteiger partial charge on any atom is 0.233 e. The topological polar surface area (TPSA) is 58.2 Å². The Labute approximate surface area is 129 Å². The van der Waals surface area contributed by atoms with Crippen LogP contribution in [-0.4, -0.2) is 26.8 Å². The zero-order valence-electron chi connectivity index (χ0n) is 9.62. The van der Waals surface area contributed by atoms with E-state index in [1.54, 1.807) is 12.1 Å². The number of halogens is 2. The molecule has 1 aromatic rings. The van der Waals surface area contributed by atoms with Crippen LogP contribution in [0.4, 0.5) is 5.69 Å². The maximum atomic E-state index is 11.8. The third kappa shape index (κ3) is 4.67. The van der Waals surface area contributed by atoms with Gasteiger partial charge in [0.2, 0.25) is 10.0 Å². The van der Waals surface area contributed by atoms with Crippen LogP contribution in [0.5, 0.6) is 0 Å². The highest BCUT2D eigenvalue weighted by Gasteiger charge is 2.21. The number of rotatable bonds is 6. The Kier molecular flexibility index (Phi) is 4.90. The summed E-state index contributed by atoms with van der Waals surface area (Å²) in [6.45, 7) is 0.505. The van der Waals surface area contributed by atoms with Crippen molar-refractivity contribution in [3.63, 3.8) is 0 Å². The van der Waals surface area contributed by atoms with Crippen molar-refractivity contribution in [1.29, 1.82) is 0 Å². The summed E-state index contributed by atoms with van der Waals surface area (Å²) in [5.74, 6) is 0.104. The SMILES string of the molecule is O=S(=O)(CCNC1CC1)Nc1ccc(I)c(Br)c1. The molecule has 0 unspecified atom stereocenters. The first kappa shape index (κ1) is 14.5. The summed E-state index contributed by atoms with van der Waals surface area (Å²) in [6, 6.07) is 5.93. The van der Waals surface area contributed by atoms with E-state index in [0.29, 0.717) is 18.3 Å². The molecule has 1 aliphatic rings. The summed E-state index contributed by atoms with van der Waals surface area (Å²) < 4.78 is 28.2. The molecule has 0 atom stereocenters. The number of nitrogens with one attached hydrogen (secondary N) is 2. The Balaban J connectivity index is 1.91. The van der Waals surface area contributed by atoms with Crippen molar-refractivity contribution in [2.75, 3.05) is 17.0 Å². The van der Waals surface area contributed by atoms with Crippen molar-refractivity contribution in [3.8, 4) is 0 Å². The molecule has 0 aliphatic heterocycles. The minimum atomic E-state index is -3.27. The standard InChI is InChI=1S/C11H14BrIN2O2S/c12-10-7-9(3-4-11(10)13)15-18(16,17)6-5-14-8-1-2-8/h3-4,7-8,14-15H,1-2,5-6H2. The van der Waals surface area contributed by atoms with Gasteiger partial charge in [0.15, 0.2) is 0 Å². The molecule has 1 aromatic carbocycles. The summed E-state index contributed by atoms with van der Waals surface area (Å²) in [5.41, 5.74) is 0.591. The van der Waals surface area contributed by atoms with Gasteiger partial charge in [-0.1, -0.05) is 0 Å². The molecule has 0 radical (unpaired) electrons. The third-order valence-electron chi connectivity index (χ3n) is 2.57. The number of benzene rings is 1. The third-order valence-corrected chi connectivity index (χ3v) is 6.20. The molecule has 0 aromatic heterocycles. The molecule has 0 saturated heterocycles. The summed E-state index contributed by atoms with van der Waals surface area (Å²) >= 11 is 5.56. The minimum absolute atomic E-state index is 0.104. The van der Waals surface area contributed by atoms with Crippen LogP contribution in [0.15, 0.2) is 22.7 Å². The molecule has 0 bridgehead atoms. The average Bonchev–Trinajstić information content (AvgIpc) is 3.07. The molecule has 2 rings (SSSR count). The second kappa shape index (κ2) is 6.06. The highest BCUT2D eigenvalue weighted by Crippen LogP contribution is 2.23. The smallest absolute Gasteiger partial charge is 0.233 e. The first-order valence-electron chi connectivity index (χ1n) is 5.65. The van der Waals surface area contributed by atoms with Gasteiger partial charge >= 0.3 is 0 Å². The lowest BCUT2D eigenvalue weighted by atomic mass is 10.3. The largest absolute Gasteiger partial charge is 0.313 e. The van der Waals surface area contributed by atoms with Gasteiger partial charge in [-0.3, -0.25) is 4.72 Å². The van der Waals surface area contributed by atoms with Gasteiger partial charge in [-0.25, -0.2) is 8.42 Å². The molecule has 0 spiro atoms. The molecule has 0 heterocycles. The van der Waals surface area contributed by atoms with Gasteiger partial charge in [-0.15, -0.1) is 0 Å². The van der Waals surface area contributed by atoms with Gasteiger partial charge in [0.05, 0.1) is 5.75 Å². The number of hydrogen-bond donors (Lipinski definition) is 2.